The summed E-state index contributed by atoms with van der Waals surface area (Å²) in [6.07, 6.45) is 0. The van der Waals surface area contributed by atoms with Crippen LogP contribution >= 0.6 is 0 Å². The largest absolute Gasteiger partial charge is 0.497 e. The van der Waals surface area contributed by atoms with E-state index in [1.54, 1.807) is 38.3 Å². The number of rotatable bonds is 10. The normalized spacial score (nSPS) is 12.3. The third-order valence-electron chi connectivity index (χ3n) is 4.65. The van der Waals surface area contributed by atoms with Gasteiger partial charge in [-0.25, -0.2) is 8.42 Å². The summed E-state index contributed by atoms with van der Waals surface area (Å²) in [4.78, 5) is 12.7. The van der Waals surface area contributed by atoms with E-state index >= 15 is 0 Å². The highest BCUT2D eigenvalue weighted by molar-refractivity contribution is 7.89. The highest BCUT2D eigenvalue weighted by Gasteiger charge is 2.26. The monoisotopic (exact) mass is 436 g/mol. The van der Waals surface area contributed by atoms with E-state index in [0.717, 1.165) is 9.87 Å². The van der Waals surface area contributed by atoms with E-state index in [-0.39, 0.29) is 24.0 Å². The molecule has 9 heteroatoms. The fraction of sp³-hybridized carbons (Fsp3) is 0.381. The molecule has 0 aromatic heterocycles. The first-order valence-corrected chi connectivity index (χ1v) is 10.9. The number of nitrogens with zero attached hydrogens (tertiary/aromatic N) is 1. The van der Waals surface area contributed by atoms with E-state index in [0.29, 0.717) is 17.2 Å². The Labute approximate surface area is 177 Å². The Morgan fingerprint density at radius 3 is 2.17 bits per heavy atom. The van der Waals surface area contributed by atoms with Crippen LogP contribution in [0, 0.1) is 0 Å². The number of methoxy groups -OCH3 is 3. The molecule has 2 aromatic carbocycles. The maximum atomic E-state index is 12.9. The van der Waals surface area contributed by atoms with Crippen LogP contribution in [0.5, 0.6) is 17.2 Å². The van der Waals surface area contributed by atoms with Crippen molar-refractivity contribution >= 4 is 15.9 Å². The molecule has 0 aliphatic rings. The van der Waals surface area contributed by atoms with Crippen molar-refractivity contribution in [3.05, 3.63) is 48.0 Å². The number of ether oxygens (including phenoxy) is 3. The number of carbonyl (C=O) groups is 1. The molecule has 164 valence electrons. The minimum absolute atomic E-state index is 0.103. The predicted molar refractivity (Wildman–Crippen MR) is 114 cm³/mol. The lowest BCUT2D eigenvalue weighted by atomic mass is 10.1. The first-order chi connectivity index (χ1) is 14.3. The lowest BCUT2D eigenvalue weighted by Gasteiger charge is -2.22. The number of benzene rings is 2. The minimum atomic E-state index is -3.81. The maximum Gasteiger partial charge on any atom is 0.243 e. The summed E-state index contributed by atoms with van der Waals surface area (Å²) in [6, 6.07) is 11.1. The van der Waals surface area contributed by atoms with Crippen molar-refractivity contribution in [2.45, 2.75) is 24.8 Å². The molecule has 8 nitrogen and oxygen atoms in total. The Bertz CT molecular complexity index is 960. The molecule has 0 spiro atoms. The number of amides is 1. The number of likely N-dealkylation sites (N-methyl/N-ethyl adjacent to an activating group) is 1. The fourth-order valence-electron chi connectivity index (χ4n) is 2.92. The van der Waals surface area contributed by atoms with Gasteiger partial charge in [0.2, 0.25) is 15.9 Å². The second-order valence-corrected chi connectivity index (χ2v) is 8.45. The molecule has 0 saturated carbocycles. The topological polar surface area (TPSA) is 94.2 Å². The average molecular weight is 437 g/mol. The van der Waals surface area contributed by atoms with E-state index in [4.69, 9.17) is 14.2 Å². The number of carbonyl (C=O) groups excluding carboxylic acids is 1. The molecular weight excluding hydrogens is 408 g/mol. The summed E-state index contributed by atoms with van der Waals surface area (Å²) >= 11 is 0. The Morgan fingerprint density at radius 2 is 1.63 bits per heavy atom. The maximum absolute atomic E-state index is 12.9. The van der Waals surface area contributed by atoms with Crippen molar-refractivity contribution in [2.75, 3.05) is 34.4 Å². The zero-order valence-corrected chi connectivity index (χ0v) is 18.7. The smallest absolute Gasteiger partial charge is 0.243 e. The summed E-state index contributed by atoms with van der Waals surface area (Å²) in [5.74, 6) is 1.28. The zero-order chi connectivity index (χ0) is 22.3. The quantitative estimate of drug-likeness (QED) is 0.615. The molecule has 0 bridgehead atoms. The molecule has 2 aromatic rings. The van der Waals surface area contributed by atoms with Crippen LogP contribution < -0.4 is 19.5 Å². The van der Waals surface area contributed by atoms with E-state index in [1.807, 2.05) is 13.0 Å². The standard InChI is InChI=1S/C21H28N2O6S/c1-6-23(30(25,26)18-10-8-17(27-3)9-11-18)14-21(24)22-15(2)16-7-12-19(28-4)20(13-16)29-5/h7-13,15H,6,14H2,1-5H3,(H,22,24). The Kier molecular flexibility index (Phi) is 8.08. The molecule has 30 heavy (non-hydrogen) atoms. The summed E-state index contributed by atoms with van der Waals surface area (Å²) in [6.45, 7) is 3.37. The lowest BCUT2D eigenvalue weighted by molar-refractivity contribution is -0.121. The minimum Gasteiger partial charge on any atom is -0.497 e. The van der Waals surface area contributed by atoms with Crippen molar-refractivity contribution in [1.29, 1.82) is 0 Å². The molecule has 1 unspecified atom stereocenters. The Morgan fingerprint density at radius 1 is 1.00 bits per heavy atom. The Balaban J connectivity index is 2.10. The molecule has 0 radical (unpaired) electrons. The first-order valence-electron chi connectivity index (χ1n) is 9.42. The Hall–Kier alpha value is -2.78. The first kappa shape index (κ1) is 23.5. The third-order valence-corrected chi connectivity index (χ3v) is 6.59. The van der Waals surface area contributed by atoms with Crippen molar-refractivity contribution in [3.63, 3.8) is 0 Å². The molecule has 0 aliphatic heterocycles. The van der Waals surface area contributed by atoms with Gasteiger partial charge in [0.05, 0.1) is 38.8 Å². The van der Waals surface area contributed by atoms with Gasteiger partial charge in [-0.2, -0.15) is 4.31 Å². The zero-order valence-electron chi connectivity index (χ0n) is 17.8. The molecule has 1 atom stereocenters. The van der Waals surface area contributed by atoms with Crippen LogP contribution in [0.2, 0.25) is 0 Å². The van der Waals surface area contributed by atoms with Gasteiger partial charge in [-0.15, -0.1) is 0 Å². The van der Waals surface area contributed by atoms with Gasteiger partial charge < -0.3 is 19.5 Å². The summed E-state index contributed by atoms with van der Waals surface area (Å²) in [5.41, 5.74) is 0.807. The lowest BCUT2D eigenvalue weighted by Crippen LogP contribution is -2.41. The second kappa shape index (κ2) is 10.3. The third kappa shape index (κ3) is 5.43. The molecule has 1 amide bonds. The van der Waals surface area contributed by atoms with Gasteiger partial charge in [-0.1, -0.05) is 13.0 Å². The molecule has 0 aliphatic carbocycles. The number of nitrogens with one attached hydrogen (secondary N) is 1. The molecule has 1 N–H and O–H groups in total. The molecule has 0 saturated heterocycles. The van der Waals surface area contributed by atoms with Crippen molar-refractivity contribution < 1.29 is 27.4 Å². The summed E-state index contributed by atoms with van der Waals surface area (Å²) in [7, 11) is 0.778. The van der Waals surface area contributed by atoms with Gasteiger partial charge in [0.1, 0.15) is 5.75 Å². The summed E-state index contributed by atoms with van der Waals surface area (Å²) < 4.78 is 42.5. The van der Waals surface area contributed by atoms with Crippen LogP contribution in [0.15, 0.2) is 47.4 Å². The second-order valence-electron chi connectivity index (χ2n) is 6.51. The molecule has 0 heterocycles. The van der Waals surface area contributed by atoms with Gasteiger partial charge in [-0.3, -0.25) is 4.79 Å². The van der Waals surface area contributed by atoms with Crippen LogP contribution in [-0.2, 0) is 14.8 Å². The van der Waals surface area contributed by atoms with Crippen LogP contribution in [0.1, 0.15) is 25.5 Å². The highest BCUT2D eigenvalue weighted by Crippen LogP contribution is 2.30. The summed E-state index contributed by atoms with van der Waals surface area (Å²) in [5, 5.41) is 2.83. The van der Waals surface area contributed by atoms with Gasteiger partial charge in [0.15, 0.2) is 11.5 Å². The molecule has 2 rings (SSSR count). The number of hydrogen-bond donors (Lipinski definition) is 1. The fourth-order valence-corrected chi connectivity index (χ4v) is 4.32. The molecular formula is C21H28N2O6S. The predicted octanol–water partition coefficient (Wildman–Crippen LogP) is 2.60. The van der Waals surface area contributed by atoms with Crippen LogP contribution in [0.4, 0.5) is 0 Å². The van der Waals surface area contributed by atoms with E-state index in [1.165, 1.54) is 26.4 Å². The van der Waals surface area contributed by atoms with Crippen molar-refractivity contribution in [3.8, 4) is 17.2 Å². The SMILES string of the molecule is CCN(CC(=O)NC(C)c1ccc(OC)c(OC)c1)S(=O)(=O)c1ccc(OC)cc1. The van der Waals surface area contributed by atoms with Gasteiger partial charge in [0.25, 0.3) is 0 Å². The van der Waals surface area contributed by atoms with Crippen LogP contribution in [-0.4, -0.2) is 53.0 Å². The van der Waals surface area contributed by atoms with Crippen molar-refractivity contribution in [1.82, 2.24) is 9.62 Å². The highest BCUT2D eigenvalue weighted by atomic mass is 32.2. The van der Waals surface area contributed by atoms with E-state index < -0.39 is 15.9 Å². The van der Waals surface area contributed by atoms with Crippen LogP contribution in [0.25, 0.3) is 0 Å². The number of sulfonamides is 1. The average Bonchev–Trinajstić information content (AvgIpc) is 2.76. The van der Waals surface area contributed by atoms with Crippen LogP contribution in [0.3, 0.4) is 0 Å². The van der Waals surface area contributed by atoms with Gasteiger partial charge in [0, 0.05) is 6.54 Å². The van der Waals surface area contributed by atoms with E-state index in [9.17, 15) is 13.2 Å². The van der Waals surface area contributed by atoms with Crippen molar-refractivity contribution in [2.24, 2.45) is 0 Å². The molecule has 0 fully saturated rings. The van der Waals surface area contributed by atoms with Gasteiger partial charge in [-0.05, 0) is 48.9 Å². The number of hydrogen-bond acceptors (Lipinski definition) is 6. The van der Waals surface area contributed by atoms with Gasteiger partial charge >= 0.3 is 0 Å². The van der Waals surface area contributed by atoms with E-state index in [2.05, 4.69) is 5.32 Å².